The number of carbonyl (C=O) groups excluding carboxylic acids is 1. The van der Waals surface area contributed by atoms with Crippen LogP contribution >= 0.6 is 23.4 Å². The maximum absolute atomic E-state index is 13.8. The molecular formula is C31H25ClF3N5O2S. The summed E-state index contributed by atoms with van der Waals surface area (Å²) in [5, 5.41) is 6.37. The first-order chi connectivity index (χ1) is 20.7. The van der Waals surface area contributed by atoms with E-state index in [1.54, 1.807) is 36.4 Å². The molecule has 3 aliphatic heterocycles. The molecule has 0 radical (unpaired) electrons. The van der Waals surface area contributed by atoms with Crippen LogP contribution in [0.1, 0.15) is 41.3 Å². The largest absolute Gasteiger partial charge is 0.417 e. The lowest BCUT2D eigenvalue weighted by molar-refractivity contribution is -0.137. The van der Waals surface area contributed by atoms with Crippen LogP contribution in [0.5, 0.6) is 0 Å². The molecule has 6 rings (SSSR count). The third kappa shape index (κ3) is 5.92. The molecule has 7 nitrogen and oxygen atoms in total. The predicted octanol–water partition coefficient (Wildman–Crippen LogP) is 7.40. The van der Waals surface area contributed by atoms with E-state index in [4.69, 9.17) is 16.6 Å². The van der Waals surface area contributed by atoms with Crippen LogP contribution in [0.25, 0.3) is 17.1 Å². The van der Waals surface area contributed by atoms with Crippen LogP contribution < -0.4 is 10.9 Å². The first kappa shape index (κ1) is 29.0. The van der Waals surface area contributed by atoms with Crippen LogP contribution in [0.2, 0.25) is 5.02 Å². The number of amides is 1. The summed E-state index contributed by atoms with van der Waals surface area (Å²) in [7, 11) is 0. The quantitative estimate of drug-likeness (QED) is 0.157. The van der Waals surface area contributed by atoms with Crippen molar-refractivity contribution in [2.24, 2.45) is 0 Å². The van der Waals surface area contributed by atoms with Gasteiger partial charge in [0.05, 0.1) is 16.3 Å². The lowest BCUT2D eigenvalue weighted by Crippen LogP contribution is -2.22. The van der Waals surface area contributed by atoms with Gasteiger partial charge in [-0.2, -0.15) is 17.9 Å². The molecule has 0 saturated heterocycles. The Balaban J connectivity index is 1.43. The van der Waals surface area contributed by atoms with E-state index in [2.05, 4.69) is 10.4 Å². The van der Waals surface area contributed by atoms with E-state index in [0.717, 1.165) is 37.1 Å². The molecule has 0 aliphatic carbocycles. The Labute approximate surface area is 254 Å². The van der Waals surface area contributed by atoms with Gasteiger partial charge in [-0.05, 0) is 55.2 Å². The van der Waals surface area contributed by atoms with E-state index in [1.165, 1.54) is 22.5 Å². The Morgan fingerprint density at radius 1 is 0.977 bits per heavy atom. The first-order valence-corrected chi connectivity index (χ1v) is 14.9. The lowest BCUT2D eigenvalue weighted by atomic mass is 10.1. The fourth-order valence-electron chi connectivity index (χ4n) is 5.22. The zero-order valence-corrected chi connectivity index (χ0v) is 24.2. The number of hydrogen-bond acceptors (Lipinski definition) is 5. The zero-order valence-electron chi connectivity index (χ0n) is 22.6. The molecule has 3 aliphatic rings. The van der Waals surface area contributed by atoms with Crippen LogP contribution in [0.4, 0.5) is 18.9 Å². The van der Waals surface area contributed by atoms with Crippen LogP contribution in [0.15, 0.2) is 88.8 Å². The van der Waals surface area contributed by atoms with Crippen molar-refractivity contribution in [2.45, 2.75) is 48.8 Å². The van der Waals surface area contributed by atoms with Gasteiger partial charge in [0.1, 0.15) is 10.8 Å². The highest BCUT2D eigenvalue weighted by atomic mass is 35.5. The van der Waals surface area contributed by atoms with E-state index in [0.29, 0.717) is 34.9 Å². The molecule has 1 atom stereocenters. The first-order valence-electron chi connectivity index (χ1n) is 13.7. The number of nitrogens with zero attached hydrogens (tertiary/aromatic N) is 4. The smallest absolute Gasteiger partial charge is 0.325 e. The summed E-state index contributed by atoms with van der Waals surface area (Å²) in [6, 6.07) is 21.3. The monoisotopic (exact) mass is 623 g/mol. The van der Waals surface area contributed by atoms with Gasteiger partial charge in [-0.25, -0.2) is 4.98 Å². The minimum atomic E-state index is -4.68. The van der Waals surface area contributed by atoms with Crippen molar-refractivity contribution in [3.05, 3.63) is 111 Å². The van der Waals surface area contributed by atoms with Gasteiger partial charge >= 0.3 is 6.18 Å². The molecule has 0 bridgehead atoms. The van der Waals surface area contributed by atoms with E-state index < -0.39 is 27.9 Å². The number of halogens is 4. The molecule has 3 aromatic carbocycles. The summed E-state index contributed by atoms with van der Waals surface area (Å²) in [6.07, 6.45) is -1.31. The van der Waals surface area contributed by atoms with Crippen LogP contribution in [-0.4, -0.2) is 25.2 Å². The Bertz CT molecular complexity index is 1810. The van der Waals surface area contributed by atoms with Crippen LogP contribution in [0, 0.1) is 0 Å². The highest BCUT2D eigenvalue weighted by molar-refractivity contribution is 8.00. The van der Waals surface area contributed by atoms with Gasteiger partial charge in [-0.3, -0.25) is 9.59 Å². The molecule has 0 saturated carbocycles. The van der Waals surface area contributed by atoms with Gasteiger partial charge in [0, 0.05) is 17.9 Å². The summed E-state index contributed by atoms with van der Waals surface area (Å²) >= 11 is 6.96. The second-order valence-corrected chi connectivity index (χ2v) is 11.6. The molecule has 0 spiro atoms. The van der Waals surface area contributed by atoms with Gasteiger partial charge in [0.25, 0.3) is 5.56 Å². The molecule has 3 heterocycles. The van der Waals surface area contributed by atoms with Gasteiger partial charge < -0.3 is 9.88 Å². The predicted molar refractivity (Wildman–Crippen MR) is 160 cm³/mol. The molecule has 3 aromatic rings. The van der Waals surface area contributed by atoms with Crippen molar-refractivity contribution in [3.8, 4) is 17.1 Å². The van der Waals surface area contributed by atoms with Crippen molar-refractivity contribution < 1.29 is 18.0 Å². The van der Waals surface area contributed by atoms with Crippen molar-refractivity contribution in [1.29, 1.82) is 0 Å². The maximum Gasteiger partial charge on any atom is 0.417 e. The third-order valence-corrected chi connectivity index (χ3v) is 8.84. The number of thioether (sulfide) groups is 1. The van der Waals surface area contributed by atoms with E-state index >= 15 is 0 Å². The van der Waals surface area contributed by atoms with Gasteiger partial charge in [0.2, 0.25) is 5.91 Å². The molecular weight excluding hydrogens is 599 g/mol. The summed E-state index contributed by atoms with van der Waals surface area (Å²) in [5.74, 6) is -0.250. The number of benzene rings is 3. The lowest BCUT2D eigenvalue weighted by Gasteiger charge is -2.22. The molecule has 1 amide bonds. The highest BCUT2D eigenvalue weighted by Crippen LogP contribution is 2.40. The molecule has 12 heteroatoms. The number of hydrogen-bond donors (Lipinski definition) is 1. The van der Waals surface area contributed by atoms with E-state index in [-0.39, 0.29) is 17.1 Å². The molecule has 220 valence electrons. The van der Waals surface area contributed by atoms with Crippen molar-refractivity contribution in [1.82, 2.24) is 19.3 Å². The molecule has 0 fully saturated rings. The van der Waals surface area contributed by atoms with Gasteiger partial charge in [0.15, 0.2) is 11.0 Å². The summed E-state index contributed by atoms with van der Waals surface area (Å²) in [5.41, 5.74) is 1.21. The Kier molecular flexibility index (Phi) is 8.02. The van der Waals surface area contributed by atoms with Gasteiger partial charge in [-0.1, -0.05) is 78.3 Å². The number of carbonyl (C=O) groups is 1. The van der Waals surface area contributed by atoms with Crippen molar-refractivity contribution >= 4 is 35.0 Å². The summed E-state index contributed by atoms with van der Waals surface area (Å²) in [4.78, 5) is 32.1. The van der Waals surface area contributed by atoms with Crippen LogP contribution in [-0.2, 0) is 23.9 Å². The van der Waals surface area contributed by atoms with Crippen molar-refractivity contribution in [3.63, 3.8) is 0 Å². The number of fused-ring (bicyclic) bond motifs is 3. The second kappa shape index (κ2) is 11.9. The molecule has 1 unspecified atom stereocenters. The molecule has 1 N–H and O–H groups in total. The number of anilines is 1. The van der Waals surface area contributed by atoms with Crippen LogP contribution in [0.3, 0.4) is 0 Å². The highest BCUT2D eigenvalue weighted by Gasteiger charge is 2.34. The Hall–Kier alpha value is -4.09. The molecule has 0 aromatic heterocycles. The van der Waals surface area contributed by atoms with E-state index in [9.17, 15) is 22.8 Å². The summed E-state index contributed by atoms with van der Waals surface area (Å²) < 4.78 is 43.8. The number of alkyl halides is 3. The minimum absolute atomic E-state index is 0.0317. The Morgan fingerprint density at radius 2 is 1.70 bits per heavy atom. The number of nitrogens with one attached hydrogen (secondary N) is 1. The zero-order chi connectivity index (χ0) is 30.1. The van der Waals surface area contributed by atoms with E-state index in [1.807, 2.05) is 28.8 Å². The average Bonchev–Trinajstić information content (AvgIpc) is 3.15. The average molecular weight is 624 g/mol. The summed E-state index contributed by atoms with van der Waals surface area (Å²) in [6.45, 7) is 0.603. The third-order valence-electron chi connectivity index (χ3n) is 7.27. The SMILES string of the molecule is O=C(Nc1ccc(Cl)c(C(F)(F)F)c1)C(Sc1nc2nn(-c3ccccc3)c(=O)c-2c2n1CCCCC2)c1ccccc1. The van der Waals surface area contributed by atoms with Crippen molar-refractivity contribution in [2.75, 3.05) is 5.32 Å². The fraction of sp³-hybridized carbons (Fsp3) is 0.226. The normalized spacial score (nSPS) is 14.2. The number of aromatic nitrogens is 4. The maximum atomic E-state index is 13.8. The number of para-hydroxylation sites is 1. The topological polar surface area (TPSA) is 81.8 Å². The fourth-order valence-corrected chi connectivity index (χ4v) is 6.58. The number of rotatable bonds is 6. The molecule has 43 heavy (non-hydrogen) atoms. The second-order valence-electron chi connectivity index (χ2n) is 10.1. The van der Waals surface area contributed by atoms with Gasteiger partial charge in [-0.15, -0.1) is 5.10 Å². The Morgan fingerprint density at radius 3 is 2.42 bits per heavy atom. The standard InChI is InChI=1S/C31H25ClF3N5O2S/c32-23-16-15-20(18-22(23)31(33,34)35)36-28(41)26(19-10-4-1-5-11-19)43-30-37-27-25(24-14-8-3-9-17-39(24)30)29(42)40(38-27)21-12-6-2-7-13-21/h1-2,4-7,10-13,15-16,18,26H,3,8-9,14,17H2,(H,36,41). The minimum Gasteiger partial charge on any atom is -0.325 e.